The van der Waals surface area contributed by atoms with E-state index < -0.39 is 54.6 Å². The van der Waals surface area contributed by atoms with Crippen LogP contribution in [0, 0.1) is 0 Å². The minimum Gasteiger partial charge on any atom is -0.481 e. The third kappa shape index (κ3) is 10.4. The monoisotopic (exact) mass is 375 g/mol. The second kappa shape index (κ2) is 11.2. The van der Waals surface area contributed by atoms with E-state index in [0.717, 1.165) is 0 Å². The van der Waals surface area contributed by atoms with Gasteiger partial charge in [0.15, 0.2) is 5.96 Å². The molecule has 0 aliphatic rings. The Labute approximate surface area is 147 Å². The second-order valence-corrected chi connectivity index (χ2v) is 5.14. The van der Waals surface area contributed by atoms with E-state index in [9.17, 15) is 24.0 Å². The minimum atomic E-state index is -1.71. The first-order valence-corrected chi connectivity index (χ1v) is 7.34. The maximum absolute atomic E-state index is 11.7. The van der Waals surface area contributed by atoms with Crippen molar-refractivity contribution in [3.8, 4) is 0 Å². The predicted octanol–water partition coefficient (Wildman–Crippen LogP) is -2.96. The van der Waals surface area contributed by atoms with Crippen molar-refractivity contribution < 1.29 is 39.3 Å². The van der Waals surface area contributed by atoms with Crippen molar-refractivity contribution in [1.29, 1.82) is 0 Å². The number of nitrogens with one attached hydrogen (secondary N) is 2. The van der Waals surface area contributed by atoms with Gasteiger partial charge in [-0.1, -0.05) is 0 Å². The quantitative estimate of drug-likeness (QED) is 0.0791. The molecule has 13 heteroatoms. The molecule has 0 bridgehead atoms. The summed E-state index contributed by atoms with van der Waals surface area (Å²) >= 11 is 0. The molecular formula is C13H21N5O8. The largest absolute Gasteiger partial charge is 0.481 e. The Hall–Kier alpha value is -3.38. The molecule has 0 heterocycles. The lowest BCUT2D eigenvalue weighted by Crippen LogP contribution is -2.46. The lowest BCUT2D eigenvalue weighted by molar-refractivity contribution is -0.147. The number of carbonyl (C=O) groups excluding carboxylic acids is 2. The van der Waals surface area contributed by atoms with Gasteiger partial charge in [0, 0.05) is 6.54 Å². The van der Waals surface area contributed by atoms with Gasteiger partial charge in [0.1, 0.15) is 18.5 Å². The zero-order chi connectivity index (χ0) is 20.3. The number of carboxylic acid groups (broad SMARTS) is 3. The molecule has 0 fully saturated rings. The molecule has 13 nitrogen and oxygen atoms in total. The van der Waals surface area contributed by atoms with Crippen molar-refractivity contribution in [2.75, 3.05) is 6.54 Å². The van der Waals surface area contributed by atoms with Crippen molar-refractivity contribution in [3.63, 3.8) is 0 Å². The summed E-state index contributed by atoms with van der Waals surface area (Å²) in [5.41, 5.74) is 10.2. The minimum absolute atomic E-state index is 0.00373. The van der Waals surface area contributed by atoms with Crippen molar-refractivity contribution in [2.45, 2.75) is 37.8 Å². The Bertz CT molecular complexity index is 587. The number of aliphatic imine (C=N–C) groups is 1. The van der Waals surface area contributed by atoms with Gasteiger partial charge in [0.25, 0.3) is 0 Å². The van der Waals surface area contributed by atoms with Crippen LogP contribution in [-0.2, 0) is 24.0 Å². The van der Waals surface area contributed by atoms with Gasteiger partial charge < -0.3 is 37.4 Å². The van der Waals surface area contributed by atoms with Crippen LogP contribution in [0.5, 0.6) is 0 Å². The summed E-state index contributed by atoms with van der Waals surface area (Å²) in [6.07, 6.45) is -1.48. The highest BCUT2D eigenvalue weighted by Gasteiger charge is 2.25. The molecule has 0 saturated heterocycles. The average Bonchev–Trinajstić information content (AvgIpc) is 2.48. The van der Waals surface area contributed by atoms with Gasteiger partial charge in [0.05, 0.1) is 6.42 Å². The van der Waals surface area contributed by atoms with Gasteiger partial charge in [0.2, 0.25) is 11.8 Å². The highest BCUT2D eigenvalue weighted by atomic mass is 16.4. The van der Waals surface area contributed by atoms with Crippen LogP contribution in [0.2, 0.25) is 0 Å². The van der Waals surface area contributed by atoms with Crippen LogP contribution in [0.3, 0.4) is 0 Å². The number of rotatable bonds is 12. The Morgan fingerprint density at radius 2 is 1.38 bits per heavy atom. The fraction of sp³-hybridized carbons (Fsp3) is 0.538. The Kier molecular flexibility index (Phi) is 9.76. The first-order valence-electron chi connectivity index (χ1n) is 7.34. The first-order chi connectivity index (χ1) is 12.0. The zero-order valence-electron chi connectivity index (χ0n) is 13.7. The highest BCUT2D eigenvalue weighted by molar-refractivity contribution is 5.99. The third-order valence-electron chi connectivity index (χ3n) is 2.91. The third-order valence-corrected chi connectivity index (χ3v) is 2.91. The van der Waals surface area contributed by atoms with Crippen molar-refractivity contribution in [3.05, 3.63) is 0 Å². The fourth-order valence-corrected chi connectivity index (χ4v) is 1.77. The molecule has 0 radical (unpaired) electrons. The molecule has 0 rings (SSSR count). The van der Waals surface area contributed by atoms with Gasteiger partial charge >= 0.3 is 17.9 Å². The summed E-state index contributed by atoms with van der Waals surface area (Å²) in [6.45, 7) is 0.151. The molecule has 146 valence electrons. The highest BCUT2D eigenvalue weighted by Crippen LogP contribution is 2.00. The van der Waals surface area contributed by atoms with Gasteiger partial charge in [-0.2, -0.15) is 0 Å². The standard InChI is InChI=1S/C13H21N5O8/c14-13(15)16-3-1-2-6(11(23)24)17-8(19)5-9(20)18-7(12(25)26)4-10(21)22/h6-7H,1-5H2,(H,17,19)(H,18,20)(H,21,22)(H,23,24)(H,25,26)(H4,14,15,16)/t6-,7-/m0/s1. The molecule has 26 heavy (non-hydrogen) atoms. The van der Waals surface area contributed by atoms with E-state index in [1.807, 2.05) is 5.32 Å². The van der Waals surface area contributed by atoms with Crippen LogP contribution < -0.4 is 22.1 Å². The van der Waals surface area contributed by atoms with Gasteiger partial charge in [-0.05, 0) is 12.8 Å². The lowest BCUT2D eigenvalue weighted by atomic mass is 10.1. The average molecular weight is 375 g/mol. The summed E-state index contributed by atoms with van der Waals surface area (Å²) in [6, 6.07) is -3.00. The van der Waals surface area contributed by atoms with E-state index in [1.165, 1.54) is 0 Å². The van der Waals surface area contributed by atoms with E-state index in [2.05, 4.69) is 10.3 Å². The molecule has 9 N–H and O–H groups in total. The molecule has 0 aliphatic heterocycles. The molecule has 0 aromatic heterocycles. The Morgan fingerprint density at radius 1 is 0.885 bits per heavy atom. The number of nitrogens with two attached hydrogens (primary N) is 2. The van der Waals surface area contributed by atoms with Gasteiger partial charge in [-0.3, -0.25) is 19.4 Å². The molecule has 0 aliphatic carbocycles. The van der Waals surface area contributed by atoms with E-state index in [-0.39, 0.29) is 25.3 Å². The van der Waals surface area contributed by atoms with Crippen LogP contribution in [0.15, 0.2) is 4.99 Å². The summed E-state index contributed by atoms with van der Waals surface area (Å²) < 4.78 is 0. The molecule has 0 saturated carbocycles. The predicted molar refractivity (Wildman–Crippen MR) is 85.9 cm³/mol. The van der Waals surface area contributed by atoms with Gasteiger partial charge in [-0.15, -0.1) is 0 Å². The fourth-order valence-electron chi connectivity index (χ4n) is 1.77. The van der Waals surface area contributed by atoms with Crippen LogP contribution in [0.25, 0.3) is 0 Å². The molecule has 2 amide bonds. The topological polar surface area (TPSA) is 234 Å². The number of amides is 2. The summed E-state index contributed by atoms with van der Waals surface area (Å²) in [5.74, 6) is -6.54. The Balaban J connectivity index is 4.54. The molecule has 0 aromatic rings. The summed E-state index contributed by atoms with van der Waals surface area (Å²) in [5, 5.41) is 30.4. The maximum atomic E-state index is 11.7. The second-order valence-electron chi connectivity index (χ2n) is 5.14. The van der Waals surface area contributed by atoms with E-state index in [4.69, 9.17) is 26.8 Å². The van der Waals surface area contributed by atoms with Crippen molar-refractivity contribution >= 4 is 35.7 Å². The number of carbonyl (C=O) groups is 5. The van der Waals surface area contributed by atoms with Gasteiger partial charge in [-0.25, -0.2) is 9.59 Å². The van der Waals surface area contributed by atoms with E-state index in [0.29, 0.717) is 0 Å². The number of aliphatic carboxylic acids is 3. The maximum Gasteiger partial charge on any atom is 0.326 e. The van der Waals surface area contributed by atoms with Crippen LogP contribution in [-0.4, -0.2) is 69.6 Å². The molecule has 0 aromatic carbocycles. The normalized spacial score (nSPS) is 12.3. The molecule has 0 spiro atoms. The number of nitrogens with zero attached hydrogens (tertiary/aromatic N) is 1. The van der Waals surface area contributed by atoms with Crippen LogP contribution >= 0.6 is 0 Å². The molecular weight excluding hydrogens is 354 g/mol. The van der Waals surface area contributed by atoms with E-state index >= 15 is 0 Å². The Morgan fingerprint density at radius 3 is 1.81 bits per heavy atom. The summed E-state index contributed by atoms with van der Waals surface area (Å²) in [4.78, 5) is 59.4. The van der Waals surface area contributed by atoms with E-state index in [1.54, 1.807) is 0 Å². The SMILES string of the molecule is NC(N)=NCCC[C@H](NC(=O)CC(=O)N[C@@H](CC(=O)O)C(=O)O)C(=O)O. The molecule has 0 unspecified atom stereocenters. The number of hydrogen-bond donors (Lipinski definition) is 7. The van der Waals surface area contributed by atoms with Crippen LogP contribution in [0.1, 0.15) is 25.7 Å². The lowest BCUT2D eigenvalue weighted by Gasteiger charge is -2.15. The molecule has 2 atom stereocenters. The van der Waals surface area contributed by atoms with Crippen molar-refractivity contribution in [1.82, 2.24) is 10.6 Å². The zero-order valence-corrected chi connectivity index (χ0v) is 13.7. The van der Waals surface area contributed by atoms with Crippen LogP contribution in [0.4, 0.5) is 0 Å². The van der Waals surface area contributed by atoms with Crippen molar-refractivity contribution in [2.24, 2.45) is 16.5 Å². The smallest absolute Gasteiger partial charge is 0.326 e. The number of guanidine groups is 1. The number of carboxylic acids is 3. The number of hydrogen-bond acceptors (Lipinski definition) is 6. The summed E-state index contributed by atoms with van der Waals surface area (Å²) in [7, 11) is 0. The first kappa shape index (κ1) is 22.6.